The molecular formula is C29H47ClN2O4SSi. The van der Waals surface area contributed by atoms with E-state index < -0.39 is 8.32 Å². The number of esters is 1. The van der Waals surface area contributed by atoms with E-state index in [1.807, 2.05) is 12.1 Å². The van der Waals surface area contributed by atoms with Crippen molar-refractivity contribution in [2.24, 2.45) is 5.92 Å². The summed E-state index contributed by atoms with van der Waals surface area (Å²) in [6.45, 7) is 18.5. The average Bonchev–Trinajstić information content (AvgIpc) is 2.84. The van der Waals surface area contributed by atoms with Crippen LogP contribution in [-0.4, -0.2) is 42.3 Å². The lowest BCUT2D eigenvalue weighted by Gasteiger charge is -2.38. The van der Waals surface area contributed by atoms with E-state index in [0.29, 0.717) is 53.6 Å². The third-order valence-corrected chi connectivity index (χ3v) is 13.7. The van der Waals surface area contributed by atoms with Gasteiger partial charge in [-0.1, -0.05) is 65.5 Å². The molecule has 1 heterocycles. The van der Waals surface area contributed by atoms with Crippen LogP contribution in [-0.2, 0) is 20.5 Å². The first-order valence-electron chi connectivity index (χ1n) is 13.9. The van der Waals surface area contributed by atoms with E-state index in [9.17, 15) is 9.59 Å². The molecule has 0 spiro atoms. The van der Waals surface area contributed by atoms with Crippen LogP contribution in [0.15, 0.2) is 28.2 Å². The molecule has 214 valence electrons. The molecule has 0 aliphatic carbocycles. The van der Waals surface area contributed by atoms with Gasteiger partial charge in [-0.25, -0.2) is 4.98 Å². The Kier molecular flexibility index (Phi) is 12.9. The summed E-state index contributed by atoms with van der Waals surface area (Å²) < 4.78 is 13.6. The summed E-state index contributed by atoms with van der Waals surface area (Å²) in [6, 6.07) is 3.68. The lowest BCUT2D eigenvalue weighted by atomic mass is 10.0. The van der Waals surface area contributed by atoms with Gasteiger partial charge < -0.3 is 9.16 Å². The number of aromatic nitrogens is 2. The predicted molar refractivity (Wildman–Crippen MR) is 163 cm³/mol. The molecule has 0 saturated carbocycles. The fraction of sp³-hybridized carbons (Fsp3) is 0.690. The van der Waals surface area contributed by atoms with Gasteiger partial charge in [0.1, 0.15) is 0 Å². The summed E-state index contributed by atoms with van der Waals surface area (Å²) in [7, 11) is -1.88. The van der Waals surface area contributed by atoms with Crippen LogP contribution in [0.3, 0.4) is 0 Å². The van der Waals surface area contributed by atoms with Crippen LogP contribution in [0.1, 0.15) is 80.1 Å². The summed E-state index contributed by atoms with van der Waals surface area (Å²) in [6.07, 6.45) is 7.06. The lowest BCUT2D eigenvalue weighted by molar-refractivity contribution is -0.144. The van der Waals surface area contributed by atoms with Gasteiger partial charge >= 0.3 is 5.97 Å². The fourth-order valence-electron chi connectivity index (χ4n) is 3.94. The Labute approximate surface area is 239 Å². The third kappa shape index (κ3) is 9.39. The topological polar surface area (TPSA) is 70.4 Å². The van der Waals surface area contributed by atoms with E-state index in [1.54, 1.807) is 10.9 Å². The van der Waals surface area contributed by atoms with Gasteiger partial charge in [0.25, 0.3) is 5.56 Å². The first kappa shape index (κ1) is 32.9. The minimum Gasteiger partial charge on any atom is -0.465 e. The van der Waals surface area contributed by atoms with Crippen molar-refractivity contribution in [1.29, 1.82) is 0 Å². The molecule has 0 bridgehead atoms. The van der Waals surface area contributed by atoms with Gasteiger partial charge in [0.05, 0.1) is 35.3 Å². The van der Waals surface area contributed by atoms with Gasteiger partial charge in [-0.15, -0.1) is 11.8 Å². The highest BCUT2D eigenvalue weighted by atomic mass is 35.5. The maximum atomic E-state index is 13.3. The number of aryl methyl sites for hydroxylation is 1. The van der Waals surface area contributed by atoms with Crippen molar-refractivity contribution in [3.8, 4) is 0 Å². The summed E-state index contributed by atoms with van der Waals surface area (Å²) in [5, 5.41) is 0.943. The van der Waals surface area contributed by atoms with Gasteiger partial charge in [-0.3, -0.25) is 14.2 Å². The van der Waals surface area contributed by atoms with E-state index in [-0.39, 0.29) is 22.7 Å². The van der Waals surface area contributed by atoms with Crippen molar-refractivity contribution in [2.45, 2.75) is 116 Å². The number of rotatable bonds is 15. The number of ether oxygens (including phenoxy) is 1. The predicted octanol–water partition coefficient (Wildman–Crippen LogP) is 8.09. The number of carbonyl (C=O) groups is 1. The highest BCUT2D eigenvalue weighted by Crippen LogP contribution is 2.37. The molecule has 0 aliphatic rings. The van der Waals surface area contributed by atoms with Crippen molar-refractivity contribution in [3.05, 3.63) is 33.8 Å². The molecule has 0 fully saturated rings. The van der Waals surface area contributed by atoms with Gasteiger partial charge in [0.15, 0.2) is 8.32 Å². The van der Waals surface area contributed by atoms with Crippen molar-refractivity contribution in [3.63, 3.8) is 0 Å². The summed E-state index contributed by atoms with van der Waals surface area (Å²) in [5.41, 5.74) is 0.419. The fourth-order valence-corrected chi connectivity index (χ4v) is 6.70. The van der Waals surface area contributed by atoms with Crippen LogP contribution in [0, 0.1) is 5.92 Å². The van der Waals surface area contributed by atoms with Crippen molar-refractivity contribution in [2.75, 3.05) is 12.4 Å². The zero-order chi connectivity index (χ0) is 28.5. The van der Waals surface area contributed by atoms with E-state index >= 15 is 0 Å². The van der Waals surface area contributed by atoms with Crippen LogP contribution in [0.5, 0.6) is 0 Å². The minimum atomic E-state index is -1.88. The molecule has 0 N–H and O–H groups in total. The number of halogens is 1. The molecule has 0 saturated heterocycles. The normalized spacial score (nSPS) is 14.0. The van der Waals surface area contributed by atoms with Crippen LogP contribution in [0.25, 0.3) is 10.9 Å². The van der Waals surface area contributed by atoms with E-state index in [4.69, 9.17) is 20.8 Å². The highest BCUT2D eigenvalue weighted by Gasteiger charge is 2.38. The molecule has 38 heavy (non-hydrogen) atoms. The Hall–Kier alpha value is -1.35. The molecule has 0 aliphatic heterocycles. The highest BCUT2D eigenvalue weighted by molar-refractivity contribution is 7.99. The first-order valence-corrected chi connectivity index (χ1v) is 18.2. The van der Waals surface area contributed by atoms with Crippen LogP contribution >= 0.6 is 23.4 Å². The second-order valence-electron chi connectivity index (χ2n) is 11.7. The Balaban J connectivity index is 2.01. The van der Waals surface area contributed by atoms with Crippen molar-refractivity contribution in [1.82, 2.24) is 9.55 Å². The molecule has 2 rings (SSSR count). The number of unbranched alkanes of at least 4 members (excludes halogenated alkanes) is 1. The van der Waals surface area contributed by atoms with E-state index in [2.05, 4.69) is 59.6 Å². The number of thioether (sulfide) groups is 1. The molecular weight excluding hydrogens is 536 g/mol. The Morgan fingerprint density at radius 3 is 2.55 bits per heavy atom. The minimum absolute atomic E-state index is 0.0369. The van der Waals surface area contributed by atoms with E-state index in [1.165, 1.54) is 11.8 Å². The van der Waals surface area contributed by atoms with Crippen LogP contribution in [0.4, 0.5) is 0 Å². The number of carbonyl (C=O) groups excluding carboxylic acids is 1. The second kappa shape index (κ2) is 14.9. The molecule has 1 aromatic carbocycles. The maximum Gasteiger partial charge on any atom is 0.306 e. The van der Waals surface area contributed by atoms with E-state index in [0.717, 1.165) is 30.6 Å². The SMILES string of the molecule is CCCCC(CC)COC(=O)CCSc1ccc2ncn(CCC(C)O[Si](C)(C)C(C)(C)C)c(=O)c2c1Cl. The standard InChI is InChI=1S/C29H47ClN2O4SSi/c1-9-11-12-22(10-2)19-35-25(33)16-18-37-24-14-13-23-26(27(24)30)28(34)32(20-31-23)17-15-21(3)36-38(7,8)29(4,5)6/h13-14,20-22H,9-12,15-19H2,1-8H3. The zero-order valence-electron chi connectivity index (χ0n) is 24.6. The number of hydrogen-bond acceptors (Lipinski definition) is 6. The zero-order valence-corrected chi connectivity index (χ0v) is 27.1. The summed E-state index contributed by atoms with van der Waals surface area (Å²) in [4.78, 5) is 30.8. The number of hydrogen-bond donors (Lipinski definition) is 0. The number of nitrogens with zero attached hydrogens (tertiary/aromatic N) is 2. The number of fused-ring (bicyclic) bond motifs is 1. The molecule has 1 aromatic heterocycles. The third-order valence-electron chi connectivity index (χ3n) is 7.56. The monoisotopic (exact) mass is 582 g/mol. The maximum absolute atomic E-state index is 13.3. The quantitative estimate of drug-likeness (QED) is 0.120. The second-order valence-corrected chi connectivity index (χ2v) is 18.0. The van der Waals surface area contributed by atoms with Crippen molar-refractivity contribution < 1.29 is 14.0 Å². The Morgan fingerprint density at radius 1 is 1.21 bits per heavy atom. The molecule has 2 aromatic rings. The molecule has 6 nitrogen and oxygen atoms in total. The van der Waals surface area contributed by atoms with Crippen LogP contribution < -0.4 is 5.56 Å². The van der Waals surface area contributed by atoms with Gasteiger partial charge in [0, 0.05) is 23.3 Å². The van der Waals surface area contributed by atoms with Crippen LogP contribution in [0.2, 0.25) is 23.2 Å². The summed E-state index contributed by atoms with van der Waals surface area (Å²) in [5.74, 6) is 0.771. The molecule has 2 atom stereocenters. The Bertz CT molecular complexity index is 1120. The largest absolute Gasteiger partial charge is 0.465 e. The first-order chi connectivity index (χ1) is 17.8. The van der Waals surface area contributed by atoms with Gasteiger partial charge in [0.2, 0.25) is 0 Å². The molecule has 0 amide bonds. The average molecular weight is 583 g/mol. The summed E-state index contributed by atoms with van der Waals surface area (Å²) >= 11 is 8.16. The van der Waals surface area contributed by atoms with Gasteiger partial charge in [-0.2, -0.15) is 0 Å². The molecule has 2 unspecified atom stereocenters. The Morgan fingerprint density at radius 2 is 1.92 bits per heavy atom. The lowest BCUT2D eigenvalue weighted by Crippen LogP contribution is -2.43. The smallest absolute Gasteiger partial charge is 0.306 e. The van der Waals surface area contributed by atoms with Gasteiger partial charge in [-0.05, 0) is 55.9 Å². The van der Waals surface area contributed by atoms with Crippen molar-refractivity contribution >= 4 is 48.6 Å². The number of benzene rings is 1. The molecule has 9 heteroatoms. The molecule has 0 radical (unpaired) electrons.